The van der Waals surface area contributed by atoms with Gasteiger partial charge in [0.2, 0.25) is 0 Å². The highest BCUT2D eigenvalue weighted by Crippen LogP contribution is 2.55. The number of pyridine rings is 1. The number of benzene rings is 1. The van der Waals surface area contributed by atoms with Crippen LogP contribution in [0.2, 0.25) is 10.0 Å². The minimum absolute atomic E-state index is 0.137. The molecule has 4 fully saturated rings. The molecular formula is C30H32Cl2N2O6. The molecule has 7 rings (SSSR count). The summed E-state index contributed by atoms with van der Waals surface area (Å²) < 4.78 is 24.1. The first-order valence-electron chi connectivity index (χ1n) is 13.8. The van der Waals surface area contributed by atoms with E-state index in [4.69, 9.17) is 47.0 Å². The maximum absolute atomic E-state index is 11.0. The maximum Gasteiger partial charge on any atom is 0.344 e. The fourth-order valence-electron chi connectivity index (χ4n) is 5.95. The molecule has 1 N–H and O–H groups in total. The summed E-state index contributed by atoms with van der Waals surface area (Å²) in [7, 11) is 0. The van der Waals surface area contributed by atoms with Gasteiger partial charge in [-0.1, -0.05) is 28.4 Å². The van der Waals surface area contributed by atoms with Gasteiger partial charge in [-0.3, -0.25) is 4.98 Å². The number of hydrogen-bond acceptors (Lipinski definition) is 7. The van der Waals surface area contributed by atoms with E-state index in [0.29, 0.717) is 46.2 Å². The van der Waals surface area contributed by atoms with Crippen LogP contribution in [0.15, 0.2) is 41.2 Å². The number of nitrogens with zero attached hydrogens (tertiary/aromatic N) is 2. The molecule has 4 saturated carbocycles. The van der Waals surface area contributed by atoms with Crippen LogP contribution in [0.25, 0.3) is 11.3 Å². The summed E-state index contributed by atoms with van der Waals surface area (Å²) in [6.45, 7) is 2.57. The lowest BCUT2D eigenvalue weighted by Crippen LogP contribution is -2.49. The third-order valence-corrected chi connectivity index (χ3v) is 9.31. The number of halogens is 2. The van der Waals surface area contributed by atoms with E-state index in [2.05, 4.69) is 10.1 Å². The van der Waals surface area contributed by atoms with Crippen molar-refractivity contribution in [3.8, 4) is 22.8 Å². The van der Waals surface area contributed by atoms with Gasteiger partial charge in [-0.25, -0.2) is 4.79 Å². The van der Waals surface area contributed by atoms with Crippen LogP contribution < -0.4 is 9.47 Å². The molecule has 1 unspecified atom stereocenters. The van der Waals surface area contributed by atoms with Crippen molar-refractivity contribution < 1.29 is 28.6 Å². The predicted octanol–water partition coefficient (Wildman–Crippen LogP) is 7.46. The van der Waals surface area contributed by atoms with Gasteiger partial charge in [-0.15, -0.1) is 0 Å². The van der Waals surface area contributed by atoms with Crippen molar-refractivity contribution in [2.45, 2.75) is 82.5 Å². The van der Waals surface area contributed by atoms with Crippen LogP contribution in [0.1, 0.15) is 75.5 Å². The molecule has 1 atom stereocenters. The number of aliphatic carboxylic acids is 1. The first kappa shape index (κ1) is 27.4. The Morgan fingerprint density at radius 3 is 2.27 bits per heavy atom. The summed E-state index contributed by atoms with van der Waals surface area (Å²) in [4.78, 5) is 15.1. The predicted molar refractivity (Wildman–Crippen MR) is 149 cm³/mol. The molecular weight excluding hydrogens is 555 g/mol. The van der Waals surface area contributed by atoms with Crippen molar-refractivity contribution in [2.75, 3.05) is 6.61 Å². The second-order valence-corrected chi connectivity index (χ2v) is 12.3. The third-order valence-electron chi connectivity index (χ3n) is 8.74. The van der Waals surface area contributed by atoms with Gasteiger partial charge < -0.3 is 23.8 Å². The van der Waals surface area contributed by atoms with Crippen molar-refractivity contribution in [1.29, 1.82) is 0 Å². The van der Waals surface area contributed by atoms with Crippen LogP contribution in [0.4, 0.5) is 0 Å². The molecule has 212 valence electrons. The normalized spacial score (nSPS) is 24.6. The molecule has 0 saturated heterocycles. The van der Waals surface area contributed by atoms with Crippen LogP contribution in [-0.2, 0) is 16.1 Å². The Labute approximate surface area is 242 Å². The first-order valence-corrected chi connectivity index (χ1v) is 14.6. The molecule has 2 heterocycles. The van der Waals surface area contributed by atoms with E-state index in [1.807, 2.05) is 12.1 Å². The molecule has 4 aliphatic rings. The number of hydrogen-bond donors (Lipinski definition) is 1. The Morgan fingerprint density at radius 2 is 1.68 bits per heavy atom. The van der Waals surface area contributed by atoms with Crippen molar-refractivity contribution in [3.63, 3.8) is 0 Å². The number of fused-ring (bicyclic) bond motifs is 3. The lowest BCUT2D eigenvalue weighted by Gasteiger charge is -2.52. The van der Waals surface area contributed by atoms with E-state index in [1.54, 1.807) is 24.5 Å². The van der Waals surface area contributed by atoms with E-state index < -0.39 is 12.1 Å². The second-order valence-electron chi connectivity index (χ2n) is 11.5. The third kappa shape index (κ3) is 5.54. The minimum atomic E-state index is -0.998. The van der Waals surface area contributed by atoms with Crippen LogP contribution in [0, 0.1) is 5.41 Å². The van der Waals surface area contributed by atoms with Gasteiger partial charge in [0.1, 0.15) is 23.0 Å². The quantitative estimate of drug-likeness (QED) is 0.247. The van der Waals surface area contributed by atoms with Crippen LogP contribution in [0.3, 0.4) is 0 Å². The zero-order valence-corrected chi connectivity index (χ0v) is 23.8. The van der Waals surface area contributed by atoms with Gasteiger partial charge >= 0.3 is 5.97 Å². The molecule has 10 heteroatoms. The smallest absolute Gasteiger partial charge is 0.344 e. The summed E-state index contributed by atoms with van der Waals surface area (Å²) in [5.41, 5.74) is 2.21. The highest BCUT2D eigenvalue weighted by Gasteiger charge is 2.50. The van der Waals surface area contributed by atoms with E-state index in [0.717, 1.165) is 68.4 Å². The number of aromatic nitrogens is 2. The standard InChI is InChI=1S/C30H32Cl2N2O6/c1-18(28(35)36)39-21-6-4-20(5-7-21)37-17-29-8-11-30(12-9-29,13-10-29)38-16-22-26(34-40-27(22)19-2-3-19)25-23(31)14-33-15-24(25)32/h4-7,14-15,18-19H,2-3,8-13,16-17H2,1H3,(H,35,36). The van der Waals surface area contributed by atoms with Crippen molar-refractivity contribution in [3.05, 3.63) is 58.0 Å². The summed E-state index contributed by atoms with van der Waals surface area (Å²) in [6, 6.07) is 7.15. The zero-order valence-electron chi connectivity index (χ0n) is 22.3. The molecule has 0 amide bonds. The molecule has 2 bridgehead atoms. The summed E-state index contributed by atoms with van der Waals surface area (Å²) in [5, 5.41) is 14.3. The van der Waals surface area contributed by atoms with Gasteiger partial charge in [0.25, 0.3) is 0 Å². The van der Waals surface area contributed by atoms with Crippen molar-refractivity contribution in [1.82, 2.24) is 10.1 Å². The van der Waals surface area contributed by atoms with E-state index in [-0.39, 0.29) is 11.0 Å². The molecule has 0 aliphatic heterocycles. The number of rotatable bonds is 11. The average molecular weight is 588 g/mol. The van der Waals surface area contributed by atoms with Crippen LogP contribution in [-0.4, -0.2) is 39.5 Å². The van der Waals surface area contributed by atoms with Crippen LogP contribution in [0.5, 0.6) is 11.5 Å². The van der Waals surface area contributed by atoms with Gasteiger partial charge in [0.05, 0.1) is 28.9 Å². The minimum Gasteiger partial charge on any atom is -0.493 e. The Hall–Kier alpha value is -2.81. The highest BCUT2D eigenvalue weighted by atomic mass is 35.5. The molecule has 1 aromatic carbocycles. The fraction of sp³-hybridized carbons (Fsp3) is 0.500. The van der Waals surface area contributed by atoms with Gasteiger partial charge in [0, 0.05) is 34.9 Å². The molecule has 4 aliphatic carbocycles. The Bertz CT molecular complexity index is 1340. The number of carboxylic acids is 1. The van der Waals surface area contributed by atoms with Gasteiger partial charge in [-0.2, -0.15) is 0 Å². The SMILES string of the molecule is CC(Oc1ccc(OCC23CCC(OCc4c(-c5c(Cl)cncc5Cl)noc4C4CC4)(CC2)CC3)cc1)C(=O)O. The molecule has 0 radical (unpaired) electrons. The monoisotopic (exact) mass is 586 g/mol. The van der Waals surface area contributed by atoms with Gasteiger partial charge in [-0.05, 0) is 82.6 Å². The number of carbonyl (C=O) groups is 1. The summed E-state index contributed by atoms with van der Waals surface area (Å²) in [5.74, 6) is 1.53. The molecule has 2 aromatic heterocycles. The van der Waals surface area contributed by atoms with E-state index in [1.165, 1.54) is 6.92 Å². The Morgan fingerprint density at radius 1 is 1.05 bits per heavy atom. The zero-order chi connectivity index (χ0) is 27.9. The Balaban J connectivity index is 1.08. The Kier molecular flexibility index (Phi) is 7.44. The topological polar surface area (TPSA) is 104 Å². The fourth-order valence-corrected chi connectivity index (χ4v) is 6.50. The second kappa shape index (κ2) is 10.9. The van der Waals surface area contributed by atoms with Gasteiger partial charge in [0.15, 0.2) is 6.10 Å². The number of ether oxygens (including phenoxy) is 3. The molecule has 8 nitrogen and oxygen atoms in total. The molecule has 0 spiro atoms. The van der Waals surface area contributed by atoms with Crippen molar-refractivity contribution in [2.24, 2.45) is 5.41 Å². The van der Waals surface area contributed by atoms with E-state index in [9.17, 15) is 4.79 Å². The first-order chi connectivity index (χ1) is 19.3. The highest BCUT2D eigenvalue weighted by molar-refractivity contribution is 6.38. The lowest BCUT2D eigenvalue weighted by atomic mass is 9.59. The summed E-state index contributed by atoms with van der Waals surface area (Å²) in [6.07, 6.45) is 10.5. The largest absolute Gasteiger partial charge is 0.493 e. The average Bonchev–Trinajstić information content (AvgIpc) is 3.72. The van der Waals surface area contributed by atoms with Crippen LogP contribution >= 0.6 is 23.2 Å². The molecule has 40 heavy (non-hydrogen) atoms. The van der Waals surface area contributed by atoms with Crippen molar-refractivity contribution >= 4 is 29.2 Å². The van der Waals surface area contributed by atoms with E-state index >= 15 is 0 Å². The lowest BCUT2D eigenvalue weighted by molar-refractivity contribution is -0.150. The summed E-state index contributed by atoms with van der Waals surface area (Å²) >= 11 is 12.9. The maximum atomic E-state index is 11.0. The number of carboxylic acid groups (broad SMARTS) is 1. The molecule has 3 aromatic rings.